The number of hydrogen-bond acceptors (Lipinski definition) is 4. The Morgan fingerprint density at radius 3 is 2.91 bits per heavy atom. The molecule has 1 aliphatic rings. The molecule has 1 fully saturated rings. The molecule has 0 unspecified atom stereocenters. The lowest BCUT2D eigenvalue weighted by atomic mass is 10.1. The summed E-state index contributed by atoms with van der Waals surface area (Å²) in [5.41, 5.74) is 2.55. The number of methoxy groups -OCH3 is 1. The lowest BCUT2D eigenvalue weighted by Crippen LogP contribution is -2.34. The van der Waals surface area contributed by atoms with Crippen molar-refractivity contribution in [3.8, 4) is 5.75 Å². The Kier molecular flexibility index (Phi) is 4.23. The van der Waals surface area contributed by atoms with Crippen molar-refractivity contribution in [3.05, 3.63) is 41.3 Å². The Morgan fingerprint density at radius 1 is 1.39 bits per heavy atom. The second-order valence-corrected chi connectivity index (χ2v) is 5.85. The van der Waals surface area contributed by atoms with Crippen LogP contribution in [-0.2, 0) is 0 Å². The fraction of sp³-hybridized carbons (Fsp3) is 0.412. The number of rotatable bonds is 3. The number of carbonyl (C=O) groups excluding carboxylic acids is 1. The third kappa shape index (κ3) is 3.16. The number of anilines is 1. The molecule has 23 heavy (non-hydrogen) atoms. The van der Waals surface area contributed by atoms with Crippen LogP contribution in [-0.4, -0.2) is 29.7 Å². The Hall–Kier alpha value is -2.50. The van der Waals surface area contributed by atoms with E-state index in [1.165, 1.54) is 0 Å². The number of nitrogens with zero attached hydrogens (tertiary/aromatic N) is 2. The maximum atomic E-state index is 12.7. The van der Waals surface area contributed by atoms with Crippen LogP contribution in [0.1, 0.15) is 35.9 Å². The van der Waals surface area contributed by atoms with E-state index in [9.17, 15) is 4.79 Å². The zero-order chi connectivity index (χ0) is 16.4. The standard InChI is InChI=1S/C17H21N3O3/c1-11-6-7-16(22-3)14(9-11)18-17(21)20-8-4-5-15(20)13-10-12(2)23-19-13/h6-7,9-10,15H,4-5,8H2,1-3H3,(H,18,21)/t15-/m1/s1. The van der Waals surface area contributed by atoms with E-state index in [4.69, 9.17) is 9.26 Å². The fourth-order valence-corrected chi connectivity index (χ4v) is 2.97. The molecule has 1 aliphatic heterocycles. The maximum absolute atomic E-state index is 12.7. The topological polar surface area (TPSA) is 67.6 Å². The Labute approximate surface area is 135 Å². The van der Waals surface area contributed by atoms with Crippen molar-refractivity contribution in [3.63, 3.8) is 0 Å². The van der Waals surface area contributed by atoms with Gasteiger partial charge in [0.05, 0.1) is 18.8 Å². The van der Waals surface area contributed by atoms with E-state index >= 15 is 0 Å². The van der Waals surface area contributed by atoms with Gasteiger partial charge < -0.3 is 19.5 Å². The van der Waals surface area contributed by atoms with Crippen molar-refractivity contribution in [2.75, 3.05) is 19.0 Å². The number of aromatic nitrogens is 1. The van der Waals surface area contributed by atoms with Gasteiger partial charge in [0.1, 0.15) is 17.2 Å². The van der Waals surface area contributed by atoms with Gasteiger partial charge in [-0.05, 0) is 44.4 Å². The number of carbonyl (C=O) groups is 1. The number of urea groups is 1. The molecule has 1 atom stereocenters. The van der Waals surface area contributed by atoms with Gasteiger partial charge in [0, 0.05) is 12.6 Å². The van der Waals surface area contributed by atoms with Crippen LogP contribution in [0.15, 0.2) is 28.8 Å². The van der Waals surface area contributed by atoms with Gasteiger partial charge in [0.2, 0.25) is 0 Å². The minimum Gasteiger partial charge on any atom is -0.495 e. The highest BCUT2D eigenvalue weighted by atomic mass is 16.5. The van der Waals surface area contributed by atoms with Gasteiger partial charge >= 0.3 is 6.03 Å². The van der Waals surface area contributed by atoms with E-state index in [1.807, 2.05) is 38.1 Å². The number of aryl methyl sites for hydroxylation is 2. The average molecular weight is 315 g/mol. The molecule has 122 valence electrons. The van der Waals surface area contributed by atoms with Crippen LogP contribution in [0.2, 0.25) is 0 Å². The molecule has 1 aromatic heterocycles. The van der Waals surface area contributed by atoms with Gasteiger partial charge in [-0.1, -0.05) is 11.2 Å². The Balaban J connectivity index is 1.79. The minimum atomic E-state index is -0.142. The molecule has 3 rings (SSSR count). The number of benzene rings is 1. The second-order valence-electron chi connectivity index (χ2n) is 5.85. The summed E-state index contributed by atoms with van der Waals surface area (Å²) in [5, 5.41) is 7.02. The smallest absolute Gasteiger partial charge is 0.322 e. The summed E-state index contributed by atoms with van der Waals surface area (Å²) in [6, 6.07) is 7.42. The first kappa shape index (κ1) is 15.4. The Bertz CT molecular complexity index is 711. The van der Waals surface area contributed by atoms with Crippen LogP contribution in [0.25, 0.3) is 0 Å². The highest BCUT2D eigenvalue weighted by Gasteiger charge is 2.32. The van der Waals surface area contributed by atoms with E-state index in [0.29, 0.717) is 18.0 Å². The summed E-state index contributed by atoms with van der Waals surface area (Å²) in [6.07, 6.45) is 1.85. The van der Waals surface area contributed by atoms with Crippen LogP contribution in [0.5, 0.6) is 5.75 Å². The predicted molar refractivity (Wildman–Crippen MR) is 86.7 cm³/mol. The monoisotopic (exact) mass is 315 g/mol. The molecule has 1 saturated heterocycles. The van der Waals surface area contributed by atoms with Gasteiger partial charge in [-0.25, -0.2) is 4.79 Å². The number of ether oxygens (including phenoxy) is 1. The zero-order valence-corrected chi connectivity index (χ0v) is 13.6. The van der Waals surface area contributed by atoms with Gasteiger partial charge in [0.25, 0.3) is 0 Å². The number of hydrogen-bond donors (Lipinski definition) is 1. The van der Waals surface area contributed by atoms with Crippen LogP contribution in [0.4, 0.5) is 10.5 Å². The quantitative estimate of drug-likeness (QED) is 0.938. The fourth-order valence-electron chi connectivity index (χ4n) is 2.97. The molecule has 2 heterocycles. The van der Waals surface area contributed by atoms with Gasteiger partial charge in [-0.3, -0.25) is 0 Å². The molecule has 6 nitrogen and oxygen atoms in total. The summed E-state index contributed by atoms with van der Waals surface area (Å²) in [4.78, 5) is 14.5. The van der Waals surface area contributed by atoms with E-state index in [-0.39, 0.29) is 12.1 Å². The average Bonchev–Trinajstić information content (AvgIpc) is 3.15. The lowest BCUT2D eigenvalue weighted by molar-refractivity contribution is 0.204. The minimum absolute atomic E-state index is 0.0387. The first-order valence-electron chi connectivity index (χ1n) is 7.74. The molecular formula is C17H21N3O3. The number of likely N-dealkylation sites (tertiary alicyclic amines) is 1. The molecule has 0 aliphatic carbocycles. The molecule has 0 saturated carbocycles. The molecule has 1 N–H and O–H groups in total. The number of amides is 2. The van der Waals surface area contributed by atoms with E-state index in [0.717, 1.165) is 29.9 Å². The van der Waals surface area contributed by atoms with Crippen molar-refractivity contribution in [1.82, 2.24) is 10.1 Å². The first-order valence-corrected chi connectivity index (χ1v) is 7.74. The largest absolute Gasteiger partial charge is 0.495 e. The highest BCUT2D eigenvalue weighted by molar-refractivity contribution is 5.91. The molecular weight excluding hydrogens is 294 g/mol. The van der Waals surface area contributed by atoms with E-state index in [2.05, 4.69) is 10.5 Å². The third-order valence-corrected chi connectivity index (χ3v) is 4.10. The molecule has 0 spiro atoms. The van der Waals surface area contributed by atoms with Crippen LogP contribution < -0.4 is 10.1 Å². The van der Waals surface area contributed by atoms with Crippen molar-refractivity contribution in [2.24, 2.45) is 0 Å². The third-order valence-electron chi connectivity index (χ3n) is 4.10. The van der Waals surface area contributed by atoms with E-state index in [1.54, 1.807) is 12.0 Å². The molecule has 0 bridgehead atoms. The molecule has 0 radical (unpaired) electrons. The zero-order valence-electron chi connectivity index (χ0n) is 13.6. The maximum Gasteiger partial charge on any atom is 0.322 e. The first-order chi connectivity index (χ1) is 11.1. The van der Waals surface area contributed by atoms with Gasteiger partial charge in [0.15, 0.2) is 0 Å². The summed E-state index contributed by atoms with van der Waals surface area (Å²) in [6.45, 7) is 4.54. The predicted octanol–water partition coefficient (Wildman–Crippen LogP) is 3.67. The van der Waals surface area contributed by atoms with Crippen molar-refractivity contribution in [2.45, 2.75) is 32.7 Å². The van der Waals surface area contributed by atoms with Crippen LogP contribution in [0, 0.1) is 13.8 Å². The Morgan fingerprint density at radius 2 is 2.22 bits per heavy atom. The van der Waals surface area contributed by atoms with Crippen molar-refractivity contribution < 1.29 is 14.1 Å². The van der Waals surface area contributed by atoms with Crippen molar-refractivity contribution >= 4 is 11.7 Å². The van der Waals surface area contributed by atoms with Crippen molar-refractivity contribution in [1.29, 1.82) is 0 Å². The summed E-state index contributed by atoms with van der Waals surface area (Å²) >= 11 is 0. The SMILES string of the molecule is COc1ccc(C)cc1NC(=O)N1CCC[C@@H]1c1cc(C)on1. The van der Waals surface area contributed by atoms with Gasteiger partial charge in [-0.15, -0.1) is 0 Å². The highest BCUT2D eigenvalue weighted by Crippen LogP contribution is 2.33. The molecule has 1 aromatic carbocycles. The molecule has 6 heteroatoms. The normalized spacial score (nSPS) is 17.3. The van der Waals surface area contributed by atoms with Gasteiger partial charge in [-0.2, -0.15) is 0 Å². The molecule has 2 aromatic rings. The number of nitrogens with one attached hydrogen (secondary N) is 1. The summed E-state index contributed by atoms with van der Waals surface area (Å²) in [7, 11) is 1.59. The summed E-state index contributed by atoms with van der Waals surface area (Å²) in [5.74, 6) is 1.41. The van der Waals surface area contributed by atoms with Crippen LogP contribution in [0.3, 0.4) is 0 Å². The lowest BCUT2D eigenvalue weighted by Gasteiger charge is -2.24. The van der Waals surface area contributed by atoms with Crippen LogP contribution >= 0.6 is 0 Å². The summed E-state index contributed by atoms with van der Waals surface area (Å²) < 4.78 is 10.5. The van der Waals surface area contributed by atoms with E-state index < -0.39 is 0 Å². The second kappa shape index (κ2) is 6.32. The molecule has 2 amide bonds.